The number of terminal acetylenes is 1. The molecule has 0 unspecified atom stereocenters. The van der Waals surface area contributed by atoms with E-state index in [0.29, 0.717) is 22.8 Å². The van der Waals surface area contributed by atoms with Crippen molar-refractivity contribution in [3.63, 3.8) is 0 Å². The number of carbonyl (C=O) groups excluding carboxylic acids is 1. The van der Waals surface area contributed by atoms with E-state index in [1.54, 1.807) is 64.9 Å². The number of nitrogens with one attached hydrogen (secondary N) is 1. The first kappa shape index (κ1) is 37.0. The zero-order valence-electron chi connectivity index (χ0n) is 27.1. The molecule has 7 nitrogen and oxygen atoms in total. The standard InChI is InChI=1S/C35H38F5N3O4/c1-8-22-15-24(30-20(4)10-9-11-21(30)5)33(37)31(32(22)36)26(17-29(45)46)41-34(47)27(14-19(2)3)43-18-23(12-13-42(6)7)25(16-28(43)44)35(38,39)40/h1,9-11,15-16,18-19,26-27H,12-14,17H2,2-7H3,(H,41,47)(H,45,46)/t26-,27-/m1/s1. The predicted octanol–water partition coefficient (Wildman–Crippen LogP) is 6.43. The Labute approximate surface area is 270 Å². The molecule has 12 heteroatoms. The molecule has 2 aromatic carbocycles. The van der Waals surface area contributed by atoms with Crippen LogP contribution in [0.3, 0.4) is 0 Å². The van der Waals surface area contributed by atoms with Crippen molar-refractivity contribution in [3.8, 4) is 23.5 Å². The molecule has 0 spiro atoms. The van der Waals surface area contributed by atoms with E-state index in [0.717, 1.165) is 16.8 Å². The van der Waals surface area contributed by atoms with Crippen molar-refractivity contribution in [1.29, 1.82) is 0 Å². The van der Waals surface area contributed by atoms with Gasteiger partial charge in [-0.25, -0.2) is 8.78 Å². The number of aromatic nitrogens is 1. The van der Waals surface area contributed by atoms with E-state index in [1.807, 2.05) is 0 Å². The second-order valence-corrected chi connectivity index (χ2v) is 12.2. The lowest BCUT2D eigenvalue weighted by Crippen LogP contribution is -2.41. The van der Waals surface area contributed by atoms with Crippen molar-refractivity contribution < 1.29 is 36.6 Å². The van der Waals surface area contributed by atoms with Crippen molar-refractivity contribution in [1.82, 2.24) is 14.8 Å². The first-order chi connectivity index (χ1) is 21.9. The van der Waals surface area contributed by atoms with Crippen molar-refractivity contribution in [2.45, 2.75) is 65.2 Å². The number of alkyl halides is 3. The summed E-state index contributed by atoms with van der Waals surface area (Å²) in [6.45, 7) is 7.05. The number of hydrogen-bond donors (Lipinski definition) is 2. The number of carboxylic acids is 1. The fraction of sp³-hybridized carbons (Fsp3) is 0.400. The third-order valence-corrected chi connectivity index (χ3v) is 7.81. The highest BCUT2D eigenvalue weighted by molar-refractivity contribution is 5.82. The first-order valence-corrected chi connectivity index (χ1v) is 14.9. The smallest absolute Gasteiger partial charge is 0.416 e. The van der Waals surface area contributed by atoms with Crippen LogP contribution in [0.2, 0.25) is 0 Å². The SMILES string of the molecule is C#Cc1cc(-c2c(C)cccc2C)c(F)c([C@@H](CC(=O)O)NC(=O)[C@@H](CC(C)C)n2cc(CCN(C)C)c(C(F)(F)F)cc2=O)c1F. The fourth-order valence-corrected chi connectivity index (χ4v) is 5.59. The Kier molecular flexibility index (Phi) is 11.7. The van der Waals surface area contributed by atoms with Gasteiger partial charge in [0.05, 0.1) is 23.6 Å². The number of likely N-dealkylation sites (N-methyl/N-ethyl adjacent to an activating group) is 1. The zero-order chi connectivity index (χ0) is 35.4. The van der Waals surface area contributed by atoms with Gasteiger partial charge in [0.2, 0.25) is 5.91 Å². The highest BCUT2D eigenvalue weighted by Gasteiger charge is 2.36. The van der Waals surface area contributed by atoms with E-state index in [-0.39, 0.29) is 42.0 Å². The Morgan fingerprint density at radius 2 is 1.70 bits per heavy atom. The van der Waals surface area contributed by atoms with Gasteiger partial charge in [-0.2, -0.15) is 13.2 Å². The normalized spacial score (nSPS) is 13.0. The van der Waals surface area contributed by atoms with Gasteiger partial charge in [0.1, 0.15) is 17.7 Å². The number of carboxylic acid groups (broad SMARTS) is 1. The molecule has 1 aromatic heterocycles. The fourth-order valence-electron chi connectivity index (χ4n) is 5.59. The number of rotatable bonds is 12. The summed E-state index contributed by atoms with van der Waals surface area (Å²) >= 11 is 0. The first-order valence-electron chi connectivity index (χ1n) is 14.9. The summed E-state index contributed by atoms with van der Waals surface area (Å²) in [5.41, 5.74) is -2.07. The Balaban J connectivity index is 2.22. The number of benzene rings is 2. The molecule has 0 bridgehead atoms. The van der Waals surface area contributed by atoms with Crippen LogP contribution in [-0.2, 0) is 22.2 Å². The quantitative estimate of drug-likeness (QED) is 0.173. The summed E-state index contributed by atoms with van der Waals surface area (Å²) in [5.74, 6) is -3.02. The Morgan fingerprint density at radius 3 is 2.21 bits per heavy atom. The minimum absolute atomic E-state index is 0.0625. The maximum Gasteiger partial charge on any atom is 0.416 e. The molecule has 0 radical (unpaired) electrons. The van der Waals surface area contributed by atoms with Gasteiger partial charge < -0.3 is 19.9 Å². The van der Waals surface area contributed by atoms with Crippen LogP contribution in [0.5, 0.6) is 0 Å². The molecular weight excluding hydrogens is 621 g/mol. The van der Waals surface area contributed by atoms with Crippen molar-refractivity contribution in [2.75, 3.05) is 20.6 Å². The minimum Gasteiger partial charge on any atom is -0.481 e. The van der Waals surface area contributed by atoms with Crippen LogP contribution in [0.15, 0.2) is 41.3 Å². The molecule has 0 fully saturated rings. The predicted molar refractivity (Wildman–Crippen MR) is 169 cm³/mol. The monoisotopic (exact) mass is 659 g/mol. The molecule has 0 saturated carbocycles. The number of halogens is 5. The van der Waals surface area contributed by atoms with E-state index in [1.165, 1.54) is 0 Å². The maximum atomic E-state index is 16.4. The summed E-state index contributed by atoms with van der Waals surface area (Å²) < 4.78 is 74.8. The number of aryl methyl sites for hydroxylation is 2. The summed E-state index contributed by atoms with van der Waals surface area (Å²) in [6.07, 6.45) is 0.560. The van der Waals surface area contributed by atoms with Crippen LogP contribution >= 0.6 is 0 Å². The zero-order valence-corrected chi connectivity index (χ0v) is 27.1. The molecule has 0 saturated heterocycles. The average molecular weight is 660 g/mol. The Hall–Kier alpha value is -4.50. The number of nitrogens with zero attached hydrogens (tertiary/aromatic N) is 2. The average Bonchev–Trinajstić information content (AvgIpc) is 2.95. The van der Waals surface area contributed by atoms with Gasteiger partial charge in [-0.1, -0.05) is 38.0 Å². The number of carbonyl (C=O) groups is 2. The maximum absolute atomic E-state index is 16.4. The number of amides is 1. The van der Waals surface area contributed by atoms with Gasteiger partial charge in [0.15, 0.2) is 0 Å². The van der Waals surface area contributed by atoms with Gasteiger partial charge in [-0.3, -0.25) is 14.4 Å². The third kappa shape index (κ3) is 8.65. The van der Waals surface area contributed by atoms with Crippen LogP contribution in [0, 0.1) is 43.7 Å². The van der Waals surface area contributed by atoms with E-state index >= 15 is 8.78 Å². The van der Waals surface area contributed by atoms with E-state index < -0.39 is 64.9 Å². The number of hydrogen-bond acceptors (Lipinski definition) is 4. The van der Waals surface area contributed by atoms with Crippen LogP contribution in [0.25, 0.3) is 11.1 Å². The van der Waals surface area contributed by atoms with Crippen LogP contribution < -0.4 is 10.9 Å². The molecule has 0 aliphatic heterocycles. The highest BCUT2D eigenvalue weighted by Crippen LogP contribution is 2.37. The lowest BCUT2D eigenvalue weighted by Gasteiger charge is -2.27. The number of pyridine rings is 1. The molecular formula is C35H38F5N3O4. The summed E-state index contributed by atoms with van der Waals surface area (Å²) in [5, 5.41) is 12.1. The second-order valence-electron chi connectivity index (χ2n) is 12.2. The summed E-state index contributed by atoms with van der Waals surface area (Å²) in [6, 6.07) is 3.48. The molecule has 1 heterocycles. The molecule has 0 aliphatic carbocycles. The van der Waals surface area contributed by atoms with E-state index in [4.69, 9.17) is 6.42 Å². The van der Waals surface area contributed by atoms with Gasteiger partial charge in [-0.15, -0.1) is 6.42 Å². The molecule has 3 rings (SSSR count). The highest BCUT2D eigenvalue weighted by atomic mass is 19.4. The van der Waals surface area contributed by atoms with Crippen molar-refractivity contribution >= 4 is 11.9 Å². The molecule has 252 valence electrons. The van der Waals surface area contributed by atoms with E-state index in [9.17, 15) is 32.7 Å². The molecule has 0 aliphatic rings. The molecule has 3 aromatic rings. The van der Waals surface area contributed by atoms with Gasteiger partial charge in [-0.05, 0) is 75.0 Å². The largest absolute Gasteiger partial charge is 0.481 e. The lowest BCUT2D eigenvalue weighted by atomic mass is 9.89. The van der Waals surface area contributed by atoms with E-state index in [2.05, 4.69) is 11.2 Å². The lowest BCUT2D eigenvalue weighted by molar-refractivity contribution is -0.139. The number of aliphatic carboxylic acids is 1. The van der Waals surface area contributed by atoms with Crippen molar-refractivity contribution in [2.24, 2.45) is 5.92 Å². The van der Waals surface area contributed by atoms with Crippen LogP contribution in [0.4, 0.5) is 22.0 Å². The van der Waals surface area contributed by atoms with Gasteiger partial charge in [0, 0.05) is 29.9 Å². The third-order valence-electron chi connectivity index (χ3n) is 7.81. The summed E-state index contributed by atoms with van der Waals surface area (Å²) in [7, 11) is 3.33. The van der Waals surface area contributed by atoms with Crippen LogP contribution in [-0.4, -0.2) is 47.1 Å². The van der Waals surface area contributed by atoms with Gasteiger partial charge in [0.25, 0.3) is 5.56 Å². The topological polar surface area (TPSA) is 91.6 Å². The van der Waals surface area contributed by atoms with Crippen molar-refractivity contribution in [3.05, 3.63) is 91.9 Å². The minimum atomic E-state index is -4.84. The molecule has 47 heavy (non-hydrogen) atoms. The Morgan fingerprint density at radius 1 is 1.09 bits per heavy atom. The van der Waals surface area contributed by atoms with Gasteiger partial charge >= 0.3 is 12.1 Å². The second kappa shape index (κ2) is 14.9. The summed E-state index contributed by atoms with van der Waals surface area (Å²) in [4.78, 5) is 40.7. The Bertz CT molecular complexity index is 1740. The molecule has 2 N–H and O–H groups in total. The van der Waals surface area contributed by atoms with Crippen LogP contribution in [0.1, 0.15) is 72.2 Å². The molecule has 1 amide bonds. The molecule has 2 atom stereocenters.